The number of hydrogen-bond donors (Lipinski definition) is 0. The Balaban J connectivity index is 2.92. The second-order valence-electron chi connectivity index (χ2n) is 3.27. The number of likely N-dealkylation sites (tertiary alicyclic amines) is 1. The van der Waals surface area contributed by atoms with Crippen molar-refractivity contribution in [2.45, 2.75) is 24.8 Å². The summed E-state index contributed by atoms with van der Waals surface area (Å²) >= 11 is 2.28. The van der Waals surface area contributed by atoms with Crippen LogP contribution in [0.25, 0.3) is 0 Å². The highest BCUT2D eigenvalue weighted by atomic mass is 79.9. The van der Waals surface area contributed by atoms with Crippen LogP contribution < -0.4 is 0 Å². The summed E-state index contributed by atoms with van der Waals surface area (Å²) in [5.74, 6) is -6.96. The zero-order chi connectivity index (χ0) is 11.7. The van der Waals surface area contributed by atoms with E-state index in [4.69, 9.17) is 0 Å². The van der Waals surface area contributed by atoms with Gasteiger partial charge in [0.05, 0.1) is 0 Å². The smallest absolute Gasteiger partial charge is 0.239 e. The highest BCUT2D eigenvalue weighted by Gasteiger charge is 2.63. The highest BCUT2D eigenvalue weighted by molar-refractivity contribution is 9.11. The molecule has 0 radical (unpaired) electrons. The molecule has 0 spiro atoms. The third kappa shape index (κ3) is 2.18. The van der Waals surface area contributed by atoms with Gasteiger partial charge in [-0.1, -0.05) is 15.9 Å². The molecule has 1 heterocycles. The van der Waals surface area contributed by atoms with Gasteiger partial charge in [-0.05, 0) is 12.8 Å². The molecule has 0 unspecified atom stereocenters. The average molecular weight is 294 g/mol. The van der Waals surface area contributed by atoms with Gasteiger partial charge in [-0.15, -0.1) is 0 Å². The van der Waals surface area contributed by atoms with Crippen molar-refractivity contribution in [1.82, 2.24) is 4.90 Å². The summed E-state index contributed by atoms with van der Waals surface area (Å²) in [6.07, 6.45) is 0.844. The maximum Gasteiger partial charge on any atom is 0.375 e. The average Bonchev–Trinajstić information content (AvgIpc) is 2.69. The number of rotatable bonds is 3. The summed E-state index contributed by atoms with van der Waals surface area (Å²) in [5.41, 5.74) is 0. The normalized spacial score (nSPS) is 21.1. The third-order valence-electron chi connectivity index (χ3n) is 2.28. The van der Waals surface area contributed by atoms with Gasteiger partial charge in [0.15, 0.2) is 5.83 Å². The van der Waals surface area contributed by atoms with E-state index in [0.717, 1.165) is 0 Å². The first-order valence-corrected chi connectivity index (χ1v) is 5.22. The van der Waals surface area contributed by atoms with E-state index in [1.54, 1.807) is 0 Å². The molecule has 1 aliphatic heterocycles. The van der Waals surface area contributed by atoms with Crippen LogP contribution in [0.4, 0.5) is 22.0 Å². The van der Waals surface area contributed by atoms with Crippen molar-refractivity contribution < 1.29 is 22.0 Å². The van der Waals surface area contributed by atoms with Gasteiger partial charge in [0.1, 0.15) is 0 Å². The summed E-state index contributed by atoms with van der Waals surface area (Å²) in [4.78, 5) is 0.486. The number of alkyl halides is 4. The van der Waals surface area contributed by atoms with Gasteiger partial charge in [0, 0.05) is 18.1 Å². The molecule has 0 aromatic carbocycles. The quantitative estimate of drug-likeness (QED) is 0.568. The van der Waals surface area contributed by atoms with E-state index >= 15 is 0 Å². The Morgan fingerprint density at radius 1 is 1.13 bits per heavy atom. The second-order valence-corrected chi connectivity index (χ2v) is 3.72. The number of halogens is 6. The molecule has 1 saturated heterocycles. The summed E-state index contributed by atoms with van der Waals surface area (Å²) in [5, 5.41) is 0. The van der Waals surface area contributed by atoms with Gasteiger partial charge in [0.2, 0.25) is 0 Å². The van der Waals surface area contributed by atoms with E-state index in [0.29, 0.717) is 17.7 Å². The lowest BCUT2D eigenvalue weighted by molar-refractivity contribution is -0.269. The maximum absolute atomic E-state index is 13.2. The Morgan fingerprint density at radius 2 is 1.60 bits per heavy atom. The molecule has 0 saturated carbocycles. The Hall–Kier alpha value is -0.170. The van der Waals surface area contributed by atoms with E-state index < -0.39 is 17.8 Å². The molecule has 1 fully saturated rings. The van der Waals surface area contributed by atoms with E-state index in [1.807, 2.05) is 0 Å². The second kappa shape index (κ2) is 4.37. The topological polar surface area (TPSA) is 3.24 Å². The molecule has 0 amide bonds. The predicted octanol–water partition coefficient (Wildman–Crippen LogP) is 3.52. The molecule has 1 aliphatic rings. The molecule has 7 heteroatoms. The van der Waals surface area contributed by atoms with E-state index in [9.17, 15) is 22.0 Å². The minimum Gasteiger partial charge on any atom is -0.239 e. The molecule has 15 heavy (non-hydrogen) atoms. The fourth-order valence-electron chi connectivity index (χ4n) is 1.41. The molecular weight excluding hydrogens is 285 g/mol. The lowest BCUT2D eigenvalue weighted by Gasteiger charge is -2.32. The molecular formula is C8H9BrF5N. The van der Waals surface area contributed by atoms with Crippen LogP contribution in [0.5, 0.6) is 0 Å². The first-order valence-electron chi connectivity index (χ1n) is 4.31. The molecule has 0 N–H and O–H groups in total. The molecule has 0 atom stereocenters. The van der Waals surface area contributed by atoms with Crippen molar-refractivity contribution >= 4 is 15.9 Å². The van der Waals surface area contributed by atoms with Gasteiger partial charge >= 0.3 is 12.0 Å². The molecule has 0 bridgehead atoms. The minimum atomic E-state index is -4.79. The monoisotopic (exact) mass is 293 g/mol. The van der Waals surface area contributed by atoms with Crippen LogP contribution in [0, 0.1) is 0 Å². The van der Waals surface area contributed by atoms with Crippen LogP contribution in [-0.4, -0.2) is 30.0 Å². The van der Waals surface area contributed by atoms with E-state index in [1.165, 1.54) is 0 Å². The van der Waals surface area contributed by atoms with E-state index in [-0.39, 0.29) is 18.1 Å². The standard InChI is InChI=1S/C8H9BrF5N/c9-5-6(10)7(11,12)8(13,14)15-3-1-2-4-15/h5H,1-4H2/b6-5-. The Morgan fingerprint density at radius 3 is 2.00 bits per heavy atom. The lowest BCUT2D eigenvalue weighted by Crippen LogP contribution is -2.53. The van der Waals surface area contributed by atoms with Crippen molar-refractivity contribution in [1.29, 1.82) is 0 Å². The molecule has 88 valence electrons. The van der Waals surface area contributed by atoms with Gasteiger partial charge in [-0.2, -0.15) is 17.6 Å². The summed E-state index contributed by atoms with van der Waals surface area (Å²) in [7, 11) is 0. The molecule has 0 aromatic rings. The highest BCUT2D eigenvalue weighted by Crippen LogP contribution is 2.44. The summed E-state index contributed by atoms with van der Waals surface area (Å²) in [6, 6.07) is -4.47. The first-order chi connectivity index (χ1) is 6.84. The van der Waals surface area contributed by atoms with Crippen molar-refractivity contribution in [3.05, 3.63) is 10.8 Å². The van der Waals surface area contributed by atoms with Crippen molar-refractivity contribution in [2.75, 3.05) is 13.1 Å². The van der Waals surface area contributed by atoms with Crippen LogP contribution in [0.3, 0.4) is 0 Å². The van der Waals surface area contributed by atoms with Gasteiger partial charge in [0.25, 0.3) is 0 Å². The molecule has 0 aliphatic carbocycles. The Kier molecular flexibility index (Phi) is 3.76. The predicted molar refractivity (Wildman–Crippen MR) is 48.8 cm³/mol. The van der Waals surface area contributed by atoms with Crippen LogP contribution in [0.2, 0.25) is 0 Å². The SMILES string of the molecule is F/C(=C\Br)C(F)(F)C(F)(F)N1CCCC1. The van der Waals surface area contributed by atoms with Crippen LogP contribution in [0.1, 0.15) is 12.8 Å². The van der Waals surface area contributed by atoms with Gasteiger partial charge in [-0.3, -0.25) is 0 Å². The number of hydrogen-bond acceptors (Lipinski definition) is 1. The molecule has 1 rings (SSSR count). The van der Waals surface area contributed by atoms with Crippen molar-refractivity contribution in [3.8, 4) is 0 Å². The largest absolute Gasteiger partial charge is 0.375 e. The van der Waals surface area contributed by atoms with Crippen molar-refractivity contribution in [2.24, 2.45) is 0 Å². The number of nitrogens with zero attached hydrogens (tertiary/aromatic N) is 1. The summed E-state index contributed by atoms with van der Waals surface area (Å²) in [6.45, 7) is -0.281. The van der Waals surface area contributed by atoms with Crippen LogP contribution >= 0.6 is 15.9 Å². The molecule has 0 aromatic heterocycles. The first kappa shape index (κ1) is 12.9. The minimum absolute atomic E-state index is 0.141. The third-order valence-corrected chi connectivity index (χ3v) is 2.68. The Labute approximate surface area is 92.1 Å². The molecule has 1 nitrogen and oxygen atoms in total. The lowest BCUT2D eigenvalue weighted by atomic mass is 10.2. The van der Waals surface area contributed by atoms with Gasteiger partial charge < -0.3 is 0 Å². The van der Waals surface area contributed by atoms with Gasteiger partial charge in [-0.25, -0.2) is 9.29 Å². The zero-order valence-corrected chi connectivity index (χ0v) is 9.21. The van der Waals surface area contributed by atoms with Crippen LogP contribution in [-0.2, 0) is 0 Å². The van der Waals surface area contributed by atoms with Crippen LogP contribution in [0.15, 0.2) is 10.8 Å². The van der Waals surface area contributed by atoms with Crippen molar-refractivity contribution in [3.63, 3.8) is 0 Å². The Bertz CT molecular complexity index is 260. The zero-order valence-electron chi connectivity index (χ0n) is 7.62. The summed E-state index contributed by atoms with van der Waals surface area (Å²) < 4.78 is 65.0. The fourth-order valence-corrected chi connectivity index (χ4v) is 1.70. The fraction of sp³-hybridized carbons (Fsp3) is 0.750. The maximum atomic E-state index is 13.2. The van der Waals surface area contributed by atoms with E-state index in [2.05, 4.69) is 15.9 Å².